The number of hydrogen-bond acceptors (Lipinski definition) is 3. The third-order valence-corrected chi connectivity index (χ3v) is 2.87. The summed E-state index contributed by atoms with van der Waals surface area (Å²) in [6.07, 6.45) is 3.55. The first-order valence-corrected chi connectivity index (χ1v) is 6.06. The van der Waals surface area contributed by atoms with Crippen LogP contribution < -0.4 is 5.73 Å². The van der Waals surface area contributed by atoms with Crippen LogP contribution in [0.5, 0.6) is 0 Å². The van der Waals surface area contributed by atoms with Crippen molar-refractivity contribution < 1.29 is 9.53 Å². The maximum atomic E-state index is 11.5. The van der Waals surface area contributed by atoms with Gasteiger partial charge in [0.15, 0.2) is 5.56 Å². The zero-order valence-electron chi connectivity index (χ0n) is 9.83. The molecular formula is C11H22ClNO2. The first kappa shape index (κ1) is 14.7. The molecule has 0 spiro atoms. The maximum absolute atomic E-state index is 11.5. The van der Waals surface area contributed by atoms with Crippen LogP contribution in [-0.2, 0) is 9.53 Å². The van der Waals surface area contributed by atoms with E-state index in [4.69, 9.17) is 22.1 Å². The number of nitrogens with two attached hydrogens (primary N) is 1. The molecule has 0 saturated heterocycles. The van der Waals surface area contributed by atoms with E-state index >= 15 is 0 Å². The second-order valence-corrected chi connectivity index (χ2v) is 4.39. The molecule has 15 heavy (non-hydrogen) atoms. The number of hydrogen-bond donors (Lipinski definition) is 1. The standard InChI is InChI=1S/C11H22ClNO2/c1-4-6-7-9(12)15-11(14)10(13)8(3)5-2/h8-10H,4-7,13H2,1-3H3/t8-,9?,10-/m0/s1. The Kier molecular flexibility index (Phi) is 7.79. The zero-order chi connectivity index (χ0) is 11.8. The lowest BCUT2D eigenvalue weighted by Crippen LogP contribution is -2.39. The average Bonchev–Trinajstić information content (AvgIpc) is 2.23. The van der Waals surface area contributed by atoms with E-state index in [2.05, 4.69) is 6.92 Å². The van der Waals surface area contributed by atoms with Gasteiger partial charge in [-0.15, -0.1) is 0 Å². The Labute approximate surface area is 97.3 Å². The Hall–Kier alpha value is -0.280. The van der Waals surface area contributed by atoms with Crippen molar-refractivity contribution in [2.45, 2.75) is 58.1 Å². The molecule has 2 N–H and O–H groups in total. The fourth-order valence-corrected chi connectivity index (χ4v) is 1.36. The molecule has 0 aliphatic rings. The van der Waals surface area contributed by atoms with Crippen LogP contribution in [-0.4, -0.2) is 17.6 Å². The molecule has 0 fully saturated rings. The van der Waals surface area contributed by atoms with Crippen LogP contribution in [0.1, 0.15) is 46.5 Å². The Morgan fingerprint density at radius 2 is 2.07 bits per heavy atom. The Morgan fingerprint density at radius 3 is 2.53 bits per heavy atom. The van der Waals surface area contributed by atoms with Gasteiger partial charge in [0.25, 0.3) is 0 Å². The van der Waals surface area contributed by atoms with Crippen molar-refractivity contribution in [3.63, 3.8) is 0 Å². The summed E-state index contributed by atoms with van der Waals surface area (Å²) in [6.45, 7) is 5.99. The molecule has 0 saturated carbocycles. The van der Waals surface area contributed by atoms with Gasteiger partial charge in [0.2, 0.25) is 0 Å². The summed E-state index contributed by atoms with van der Waals surface area (Å²) in [5.41, 5.74) is 5.18. The highest BCUT2D eigenvalue weighted by molar-refractivity contribution is 6.20. The minimum absolute atomic E-state index is 0.132. The van der Waals surface area contributed by atoms with Gasteiger partial charge in [-0.1, -0.05) is 45.2 Å². The number of unbranched alkanes of at least 4 members (excludes halogenated alkanes) is 1. The summed E-state index contributed by atoms with van der Waals surface area (Å²) >= 11 is 5.85. The van der Waals surface area contributed by atoms with Gasteiger partial charge in [-0.25, -0.2) is 0 Å². The summed E-state index contributed by atoms with van der Waals surface area (Å²) in [6, 6.07) is -0.558. The van der Waals surface area contributed by atoms with E-state index in [0.29, 0.717) is 6.42 Å². The van der Waals surface area contributed by atoms with E-state index in [1.165, 1.54) is 0 Å². The molecule has 0 rings (SSSR count). The molecule has 0 radical (unpaired) electrons. The Balaban J connectivity index is 3.90. The average molecular weight is 236 g/mol. The minimum atomic E-state index is -0.558. The molecular weight excluding hydrogens is 214 g/mol. The van der Waals surface area contributed by atoms with Crippen molar-refractivity contribution in [3.8, 4) is 0 Å². The lowest BCUT2D eigenvalue weighted by Gasteiger charge is -2.19. The summed E-state index contributed by atoms with van der Waals surface area (Å²) in [5.74, 6) is -0.256. The molecule has 0 amide bonds. The van der Waals surface area contributed by atoms with Crippen LogP contribution >= 0.6 is 11.6 Å². The molecule has 3 nitrogen and oxygen atoms in total. The van der Waals surface area contributed by atoms with E-state index in [-0.39, 0.29) is 11.9 Å². The number of carbonyl (C=O) groups excluding carboxylic acids is 1. The summed E-state index contributed by atoms with van der Waals surface area (Å²) in [5, 5.41) is 0. The second-order valence-electron chi connectivity index (χ2n) is 3.90. The van der Waals surface area contributed by atoms with Crippen LogP contribution in [0.2, 0.25) is 0 Å². The zero-order valence-corrected chi connectivity index (χ0v) is 10.6. The van der Waals surface area contributed by atoms with Gasteiger partial charge in [0.05, 0.1) is 0 Å². The van der Waals surface area contributed by atoms with E-state index in [9.17, 15) is 4.79 Å². The highest BCUT2D eigenvalue weighted by Crippen LogP contribution is 2.13. The van der Waals surface area contributed by atoms with Gasteiger partial charge in [-0.05, 0) is 18.8 Å². The Bertz CT molecular complexity index is 187. The lowest BCUT2D eigenvalue weighted by atomic mass is 10.0. The van der Waals surface area contributed by atoms with Gasteiger partial charge in [-0.2, -0.15) is 0 Å². The molecule has 0 aliphatic carbocycles. The number of halogens is 1. The molecule has 0 bridgehead atoms. The van der Waals surface area contributed by atoms with Gasteiger partial charge in [0, 0.05) is 0 Å². The molecule has 4 heteroatoms. The second kappa shape index (κ2) is 7.94. The largest absolute Gasteiger partial charge is 0.445 e. The first-order valence-electron chi connectivity index (χ1n) is 5.63. The van der Waals surface area contributed by atoms with E-state index in [1.54, 1.807) is 0 Å². The van der Waals surface area contributed by atoms with E-state index in [1.807, 2.05) is 13.8 Å². The topological polar surface area (TPSA) is 52.3 Å². The van der Waals surface area contributed by atoms with Crippen molar-refractivity contribution >= 4 is 17.6 Å². The van der Waals surface area contributed by atoms with E-state index < -0.39 is 11.6 Å². The molecule has 0 aromatic carbocycles. The molecule has 0 heterocycles. The van der Waals surface area contributed by atoms with Gasteiger partial charge in [0.1, 0.15) is 6.04 Å². The van der Waals surface area contributed by atoms with Gasteiger partial charge >= 0.3 is 5.97 Å². The van der Waals surface area contributed by atoms with Gasteiger partial charge < -0.3 is 10.5 Å². The van der Waals surface area contributed by atoms with Crippen molar-refractivity contribution in [2.75, 3.05) is 0 Å². The van der Waals surface area contributed by atoms with Crippen molar-refractivity contribution in [3.05, 3.63) is 0 Å². The lowest BCUT2D eigenvalue weighted by molar-refractivity contribution is -0.148. The number of rotatable bonds is 7. The number of ether oxygens (including phenoxy) is 1. The molecule has 1 unspecified atom stereocenters. The maximum Gasteiger partial charge on any atom is 0.324 e. The monoisotopic (exact) mass is 235 g/mol. The molecule has 0 aromatic heterocycles. The minimum Gasteiger partial charge on any atom is -0.445 e. The predicted octanol–water partition coefficient (Wildman–Crippen LogP) is 2.66. The van der Waals surface area contributed by atoms with Crippen LogP contribution in [0, 0.1) is 5.92 Å². The number of esters is 1. The van der Waals surface area contributed by atoms with Crippen molar-refractivity contribution in [2.24, 2.45) is 11.7 Å². The number of alkyl halides is 1. The van der Waals surface area contributed by atoms with Gasteiger partial charge in [-0.3, -0.25) is 4.79 Å². The van der Waals surface area contributed by atoms with Crippen molar-refractivity contribution in [1.29, 1.82) is 0 Å². The fraction of sp³-hybridized carbons (Fsp3) is 0.909. The fourth-order valence-electron chi connectivity index (χ4n) is 1.11. The van der Waals surface area contributed by atoms with E-state index in [0.717, 1.165) is 19.3 Å². The smallest absolute Gasteiger partial charge is 0.324 e. The third kappa shape index (κ3) is 6.00. The predicted molar refractivity (Wildman–Crippen MR) is 62.7 cm³/mol. The van der Waals surface area contributed by atoms with Crippen LogP contribution in [0.4, 0.5) is 0 Å². The van der Waals surface area contributed by atoms with Crippen LogP contribution in [0.15, 0.2) is 0 Å². The molecule has 3 atom stereocenters. The SMILES string of the molecule is CCCCC(Cl)OC(=O)[C@@H](N)[C@@H](C)CC. The molecule has 0 aliphatic heterocycles. The third-order valence-electron chi connectivity index (χ3n) is 2.56. The molecule has 0 aromatic rings. The van der Waals surface area contributed by atoms with Crippen molar-refractivity contribution in [1.82, 2.24) is 0 Å². The first-order chi connectivity index (χ1) is 7.02. The normalized spacial score (nSPS) is 16.9. The molecule has 90 valence electrons. The quantitative estimate of drug-likeness (QED) is 0.545. The number of carbonyl (C=O) groups is 1. The Morgan fingerprint density at radius 1 is 1.47 bits per heavy atom. The summed E-state index contributed by atoms with van der Waals surface area (Å²) in [4.78, 5) is 11.5. The van der Waals surface area contributed by atoms with Crippen LogP contribution in [0.3, 0.4) is 0 Å². The van der Waals surface area contributed by atoms with Crippen LogP contribution in [0.25, 0.3) is 0 Å². The summed E-state index contributed by atoms with van der Waals surface area (Å²) in [7, 11) is 0. The highest BCUT2D eigenvalue weighted by Gasteiger charge is 2.23. The highest BCUT2D eigenvalue weighted by atomic mass is 35.5. The summed E-state index contributed by atoms with van der Waals surface area (Å²) < 4.78 is 5.04.